The highest BCUT2D eigenvalue weighted by Crippen LogP contribution is 2.23. The summed E-state index contributed by atoms with van der Waals surface area (Å²) in [5.41, 5.74) is 9.36. The first kappa shape index (κ1) is 15.3. The van der Waals surface area contributed by atoms with Crippen LogP contribution in [0.25, 0.3) is 28.0 Å². The zero-order valence-electron chi connectivity index (χ0n) is 14.4. The summed E-state index contributed by atoms with van der Waals surface area (Å²) >= 11 is 0. The number of imidazole rings is 1. The van der Waals surface area contributed by atoms with Crippen molar-refractivity contribution in [1.82, 2.24) is 24.5 Å². The monoisotopic (exact) mass is 357 g/mol. The van der Waals surface area contributed by atoms with Crippen LogP contribution in [0.3, 0.4) is 0 Å². The van der Waals surface area contributed by atoms with Crippen LogP contribution in [0.1, 0.15) is 5.82 Å². The number of para-hydroxylation sites is 2. The van der Waals surface area contributed by atoms with Gasteiger partial charge in [-0.2, -0.15) is 15.0 Å². The van der Waals surface area contributed by atoms with Crippen LogP contribution in [-0.2, 0) is 0 Å². The van der Waals surface area contributed by atoms with E-state index in [1.54, 1.807) is 6.26 Å². The van der Waals surface area contributed by atoms with E-state index < -0.39 is 0 Å². The fourth-order valence-corrected chi connectivity index (χ4v) is 3.11. The number of nitrogen functional groups attached to an aromatic ring is 1. The van der Waals surface area contributed by atoms with Crippen LogP contribution in [0.4, 0.5) is 17.6 Å². The number of rotatable bonds is 3. The number of nitrogens with zero attached hydrogens (tertiary/aromatic N) is 5. The minimum absolute atomic E-state index is 0.129. The van der Waals surface area contributed by atoms with Crippen molar-refractivity contribution in [2.75, 3.05) is 11.1 Å². The third-order valence-electron chi connectivity index (χ3n) is 4.28. The Morgan fingerprint density at radius 3 is 2.81 bits per heavy atom. The van der Waals surface area contributed by atoms with Gasteiger partial charge in [0.25, 0.3) is 0 Å². The van der Waals surface area contributed by atoms with Gasteiger partial charge in [0.05, 0.1) is 17.3 Å². The van der Waals surface area contributed by atoms with Crippen molar-refractivity contribution in [2.45, 2.75) is 6.92 Å². The normalized spacial score (nSPS) is 11.3. The smallest absolute Gasteiger partial charge is 0.242 e. The lowest BCUT2D eigenvalue weighted by molar-refractivity contribution is 0.616. The molecule has 0 spiro atoms. The van der Waals surface area contributed by atoms with E-state index >= 15 is 0 Å². The average molecular weight is 357 g/mol. The number of hydrogen-bond donors (Lipinski definition) is 2. The van der Waals surface area contributed by atoms with Gasteiger partial charge < -0.3 is 15.5 Å². The second kappa shape index (κ2) is 5.80. The topological polar surface area (TPSA) is 108 Å². The highest BCUT2D eigenvalue weighted by Gasteiger charge is 2.14. The van der Waals surface area contributed by atoms with Crippen molar-refractivity contribution in [3.05, 3.63) is 60.6 Å². The lowest BCUT2D eigenvalue weighted by Crippen LogP contribution is -2.10. The molecule has 8 nitrogen and oxygen atoms in total. The maximum absolute atomic E-state index is 5.94. The molecule has 0 saturated heterocycles. The van der Waals surface area contributed by atoms with Gasteiger partial charge in [-0.15, -0.1) is 0 Å². The molecule has 8 heteroatoms. The zero-order chi connectivity index (χ0) is 18.4. The molecule has 132 valence electrons. The van der Waals surface area contributed by atoms with Gasteiger partial charge in [-0.05, 0) is 43.3 Å². The molecule has 5 rings (SSSR count). The SMILES string of the molecule is Cc1nc2ccccc2n1-c1nc(N)nc(Nc2ccc3occc3c2)n1. The Kier molecular flexibility index (Phi) is 3.29. The number of nitrogens with one attached hydrogen (secondary N) is 1. The maximum atomic E-state index is 5.94. The van der Waals surface area contributed by atoms with E-state index in [2.05, 4.69) is 25.3 Å². The molecular weight excluding hydrogens is 342 g/mol. The molecule has 0 aliphatic heterocycles. The number of aryl methyl sites for hydroxylation is 1. The van der Waals surface area contributed by atoms with E-state index in [0.29, 0.717) is 11.9 Å². The molecular formula is C19H15N7O. The van der Waals surface area contributed by atoms with Crippen LogP contribution < -0.4 is 11.1 Å². The molecule has 3 heterocycles. The molecule has 3 N–H and O–H groups in total. The molecule has 2 aromatic carbocycles. The zero-order valence-corrected chi connectivity index (χ0v) is 14.4. The Balaban J connectivity index is 1.59. The van der Waals surface area contributed by atoms with E-state index in [4.69, 9.17) is 10.2 Å². The molecule has 0 amide bonds. The third-order valence-corrected chi connectivity index (χ3v) is 4.28. The maximum Gasteiger partial charge on any atom is 0.242 e. The third kappa shape index (κ3) is 2.63. The summed E-state index contributed by atoms with van der Waals surface area (Å²) in [6, 6.07) is 15.4. The van der Waals surface area contributed by atoms with Crippen molar-refractivity contribution in [3.8, 4) is 5.95 Å². The summed E-state index contributed by atoms with van der Waals surface area (Å²) in [6.07, 6.45) is 1.65. The lowest BCUT2D eigenvalue weighted by Gasteiger charge is -2.09. The average Bonchev–Trinajstić information content (AvgIpc) is 3.23. The molecule has 0 saturated carbocycles. The first-order valence-electron chi connectivity index (χ1n) is 8.38. The Morgan fingerprint density at radius 1 is 1.00 bits per heavy atom. The second-order valence-electron chi connectivity index (χ2n) is 6.10. The van der Waals surface area contributed by atoms with Crippen LogP contribution in [-0.4, -0.2) is 24.5 Å². The van der Waals surface area contributed by atoms with Crippen LogP contribution >= 0.6 is 0 Å². The standard InChI is InChI=1S/C19H15N7O/c1-11-21-14-4-2-3-5-15(14)26(11)19-24-17(20)23-18(25-19)22-13-6-7-16-12(10-13)8-9-27-16/h2-10H,1H3,(H3,20,22,23,24,25). The van der Waals surface area contributed by atoms with Gasteiger partial charge >= 0.3 is 0 Å². The molecule has 0 aliphatic carbocycles. The first-order valence-corrected chi connectivity index (χ1v) is 8.38. The Hall–Kier alpha value is -3.94. The number of benzene rings is 2. The Bertz CT molecular complexity index is 1290. The highest BCUT2D eigenvalue weighted by molar-refractivity contribution is 5.82. The van der Waals surface area contributed by atoms with Gasteiger partial charge in [-0.3, -0.25) is 4.57 Å². The fourth-order valence-electron chi connectivity index (χ4n) is 3.11. The number of aromatic nitrogens is 5. The summed E-state index contributed by atoms with van der Waals surface area (Å²) in [4.78, 5) is 17.6. The largest absolute Gasteiger partial charge is 0.464 e. The van der Waals surface area contributed by atoms with Gasteiger partial charge in [0, 0.05) is 11.1 Å². The van der Waals surface area contributed by atoms with E-state index in [1.165, 1.54) is 0 Å². The van der Waals surface area contributed by atoms with Crippen molar-refractivity contribution < 1.29 is 4.42 Å². The summed E-state index contributed by atoms with van der Waals surface area (Å²) < 4.78 is 7.22. The summed E-state index contributed by atoms with van der Waals surface area (Å²) in [7, 11) is 0. The quantitative estimate of drug-likeness (QED) is 0.508. The molecule has 0 aliphatic rings. The van der Waals surface area contributed by atoms with Crippen molar-refractivity contribution in [3.63, 3.8) is 0 Å². The number of furan rings is 1. The Morgan fingerprint density at radius 2 is 1.89 bits per heavy atom. The lowest BCUT2D eigenvalue weighted by atomic mass is 10.2. The van der Waals surface area contributed by atoms with Gasteiger partial charge in [0.15, 0.2) is 0 Å². The highest BCUT2D eigenvalue weighted by atomic mass is 16.3. The number of hydrogen-bond acceptors (Lipinski definition) is 7. The van der Waals surface area contributed by atoms with Crippen LogP contribution in [0.15, 0.2) is 59.2 Å². The molecule has 3 aromatic heterocycles. The van der Waals surface area contributed by atoms with E-state index in [9.17, 15) is 0 Å². The molecule has 5 aromatic rings. The van der Waals surface area contributed by atoms with Crippen LogP contribution in [0.2, 0.25) is 0 Å². The molecule has 27 heavy (non-hydrogen) atoms. The van der Waals surface area contributed by atoms with E-state index in [0.717, 1.165) is 33.5 Å². The minimum atomic E-state index is 0.129. The van der Waals surface area contributed by atoms with Gasteiger partial charge in [0.1, 0.15) is 11.4 Å². The van der Waals surface area contributed by atoms with Crippen molar-refractivity contribution in [2.24, 2.45) is 0 Å². The van der Waals surface area contributed by atoms with Crippen molar-refractivity contribution in [1.29, 1.82) is 0 Å². The summed E-state index contributed by atoms with van der Waals surface area (Å²) in [5.74, 6) is 1.68. The van der Waals surface area contributed by atoms with Gasteiger partial charge in [-0.25, -0.2) is 4.98 Å². The Labute approximate surface area is 153 Å². The summed E-state index contributed by atoms with van der Waals surface area (Å²) in [6.45, 7) is 1.90. The van der Waals surface area contributed by atoms with E-state index in [1.807, 2.05) is 60.0 Å². The van der Waals surface area contributed by atoms with Crippen LogP contribution in [0.5, 0.6) is 0 Å². The van der Waals surface area contributed by atoms with Gasteiger partial charge in [0.2, 0.25) is 17.8 Å². The second-order valence-corrected chi connectivity index (χ2v) is 6.10. The van der Waals surface area contributed by atoms with Crippen molar-refractivity contribution >= 4 is 39.6 Å². The van der Waals surface area contributed by atoms with E-state index in [-0.39, 0.29) is 5.95 Å². The predicted molar refractivity (Wildman–Crippen MR) is 103 cm³/mol. The number of anilines is 3. The minimum Gasteiger partial charge on any atom is -0.464 e. The predicted octanol–water partition coefficient (Wildman–Crippen LogP) is 3.59. The first-order chi connectivity index (χ1) is 13.2. The molecule has 0 unspecified atom stereocenters. The molecule has 0 atom stereocenters. The number of nitrogens with two attached hydrogens (primary N) is 1. The summed E-state index contributed by atoms with van der Waals surface area (Å²) in [5, 5.41) is 4.16. The fraction of sp³-hybridized carbons (Fsp3) is 0.0526. The molecule has 0 fully saturated rings. The van der Waals surface area contributed by atoms with Crippen LogP contribution in [0, 0.1) is 6.92 Å². The molecule has 0 radical (unpaired) electrons. The number of fused-ring (bicyclic) bond motifs is 2. The molecule has 0 bridgehead atoms. The van der Waals surface area contributed by atoms with Gasteiger partial charge in [-0.1, -0.05) is 12.1 Å².